The van der Waals surface area contributed by atoms with Crippen LogP contribution in [0.5, 0.6) is 11.5 Å². The lowest BCUT2D eigenvalue weighted by atomic mass is 10.1. The van der Waals surface area contributed by atoms with Gasteiger partial charge in [-0.2, -0.15) is 0 Å². The van der Waals surface area contributed by atoms with Crippen molar-refractivity contribution in [2.24, 2.45) is 11.7 Å². The van der Waals surface area contributed by atoms with Crippen LogP contribution in [0.4, 0.5) is 0 Å². The van der Waals surface area contributed by atoms with E-state index in [0.717, 1.165) is 0 Å². The van der Waals surface area contributed by atoms with Crippen LogP contribution >= 0.6 is 0 Å². The van der Waals surface area contributed by atoms with Gasteiger partial charge in [0.05, 0.1) is 19.3 Å². The van der Waals surface area contributed by atoms with Crippen molar-refractivity contribution in [1.29, 1.82) is 5.41 Å². The zero-order valence-corrected chi connectivity index (χ0v) is 9.91. The number of hydrogen-bond acceptors (Lipinski definition) is 3. The smallest absolute Gasteiger partial charge is 0.172 e. The standard InChI is InChI=1S/C12H18N2O2/c1-8(2)7-16-11-9(12(13)14)5-4-6-10(11)15-3/h4-6,8H,7H2,1-3H3,(H3,13,14). The van der Waals surface area contributed by atoms with E-state index in [1.54, 1.807) is 25.3 Å². The molecule has 3 N–H and O–H groups in total. The summed E-state index contributed by atoms with van der Waals surface area (Å²) in [5.41, 5.74) is 6.06. The number of nitrogens with two attached hydrogens (primary N) is 1. The first-order valence-corrected chi connectivity index (χ1v) is 5.20. The number of hydrogen-bond donors (Lipinski definition) is 2. The zero-order chi connectivity index (χ0) is 12.1. The van der Waals surface area contributed by atoms with Crippen LogP contribution in [-0.4, -0.2) is 19.6 Å². The molecule has 0 saturated carbocycles. The van der Waals surface area contributed by atoms with Crippen molar-refractivity contribution in [3.8, 4) is 11.5 Å². The first-order chi connectivity index (χ1) is 7.56. The Kier molecular flexibility index (Phi) is 4.17. The van der Waals surface area contributed by atoms with Crippen molar-refractivity contribution in [2.45, 2.75) is 13.8 Å². The Bertz CT molecular complexity index is 375. The van der Waals surface area contributed by atoms with E-state index in [9.17, 15) is 0 Å². The monoisotopic (exact) mass is 222 g/mol. The predicted octanol–water partition coefficient (Wildman–Crippen LogP) is 2.01. The van der Waals surface area contributed by atoms with Crippen LogP contribution in [-0.2, 0) is 0 Å². The molecular formula is C12H18N2O2. The van der Waals surface area contributed by atoms with Gasteiger partial charge in [-0.3, -0.25) is 5.41 Å². The third kappa shape index (κ3) is 2.89. The summed E-state index contributed by atoms with van der Waals surface area (Å²) < 4.78 is 10.8. The predicted molar refractivity (Wildman–Crippen MR) is 64.3 cm³/mol. The number of nitrogens with one attached hydrogen (secondary N) is 1. The van der Waals surface area contributed by atoms with E-state index in [-0.39, 0.29) is 5.84 Å². The average molecular weight is 222 g/mol. The van der Waals surface area contributed by atoms with E-state index in [1.807, 2.05) is 0 Å². The number of rotatable bonds is 5. The molecule has 0 radical (unpaired) electrons. The molecule has 1 aromatic rings. The highest BCUT2D eigenvalue weighted by molar-refractivity contribution is 5.98. The van der Waals surface area contributed by atoms with E-state index in [1.165, 1.54) is 0 Å². The first-order valence-electron chi connectivity index (χ1n) is 5.20. The molecule has 16 heavy (non-hydrogen) atoms. The summed E-state index contributed by atoms with van der Waals surface area (Å²) in [6.45, 7) is 4.69. The molecule has 0 amide bonds. The Hall–Kier alpha value is -1.71. The molecule has 0 aliphatic carbocycles. The van der Waals surface area contributed by atoms with Gasteiger partial charge in [-0.25, -0.2) is 0 Å². The van der Waals surface area contributed by atoms with Gasteiger partial charge in [0.2, 0.25) is 0 Å². The second-order valence-electron chi connectivity index (χ2n) is 3.96. The SMILES string of the molecule is COc1cccc(C(=N)N)c1OCC(C)C. The maximum Gasteiger partial charge on any atom is 0.172 e. The van der Waals surface area contributed by atoms with Gasteiger partial charge in [0.1, 0.15) is 5.84 Å². The van der Waals surface area contributed by atoms with Gasteiger partial charge < -0.3 is 15.2 Å². The lowest BCUT2D eigenvalue weighted by molar-refractivity contribution is 0.256. The summed E-state index contributed by atoms with van der Waals surface area (Å²) in [6, 6.07) is 5.33. The number of methoxy groups -OCH3 is 1. The number of para-hydroxylation sites is 1. The maximum atomic E-state index is 7.48. The van der Waals surface area contributed by atoms with Crippen LogP contribution in [0.2, 0.25) is 0 Å². The van der Waals surface area contributed by atoms with Crippen molar-refractivity contribution >= 4 is 5.84 Å². The van der Waals surface area contributed by atoms with Crippen LogP contribution < -0.4 is 15.2 Å². The van der Waals surface area contributed by atoms with Gasteiger partial charge >= 0.3 is 0 Å². The molecule has 4 heteroatoms. The summed E-state index contributed by atoms with van der Waals surface area (Å²) >= 11 is 0. The minimum Gasteiger partial charge on any atom is -0.493 e. The molecule has 0 saturated heterocycles. The minimum absolute atomic E-state index is 0.0161. The number of ether oxygens (including phenoxy) is 2. The molecule has 0 fully saturated rings. The number of nitrogen functional groups attached to an aromatic ring is 1. The van der Waals surface area contributed by atoms with Crippen LogP contribution in [0, 0.1) is 11.3 Å². The summed E-state index contributed by atoms with van der Waals surface area (Å²) in [5.74, 6) is 1.54. The van der Waals surface area contributed by atoms with E-state index in [0.29, 0.717) is 29.6 Å². The normalized spacial score (nSPS) is 10.2. The fourth-order valence-electron chi connectivity index (χ4n) is 1.29. The zero-order valence-electron chi connectivity index (χ0n) is 9.91. The quantitative estimate of drug-likeness (QED) is 0.591. The molecule has 1 aromatic carbocycles. The van der Waals surface area contributed by atoms with Crippen molar-refractivity contribution in [2.75, 3.05) is 13.7 Å². The Balaban J connectivity index is 3.04. The lowest BCUT2D eigenvalue weighted by Gasteiger charge is -2.15. The molecule has 4 nitrogen and oxygen atoms in total. The Morgan fingerprint density at radius 3 is 2.62 bits per heavy atom. The van der Waals surface area contributed by atoms with Gasteiger partial charge in [-0.15, -0.1) is 0 Å². The molecule has 88 valence electrons. The van der Waals surface area contributed by atoms with Gasteiger partial charge in [-0.05, 0) is 18.1 Å². The molecular weight excluding hydrogens is 204 g/mol. The largest absolute Gasteiger partial charge is 0.493 e. The van der Waals surface area contributed by atoms with Crippen LogP contribution in [0.1, 0.15) is 19.4 Å². The second kappa shape index (κ2) is 5.39. The van der Waals surface area contributed by atoms with E-state index < -0.39 is 0 Å². The van der Waals surface area contributed by atoms with Gasteiger partial charge in [0, 0.05) is 0 Å². The Morgan fingerprint density at radius 2 is 2.12 bits per heavy atom. The summed E-state index contributed by atoms with van der Waals surface area (Å²) in [7, 11) is 1.57. The Morgan fingerprint density at radius 1 is 1.44 bits per heavy atom. The van der Waals surface area contributed by atoms with Gasteiger partial charge in [-0.1, -0.05) is 19.9 Å². The van der Waals surface area contributed by atoms with E-state index >= 15 is 0 Å². The minimum atomic E-state index is -0.0161. The van der Waals surface area contributed by atoms with E-state index in [4.69, 9.17) is 20.6 Å². The Labute approximate surface area is 95.9 Å². The second-order valence-corrected chi connectivity index (χ2v) is 3.96. The molecule has 0 heterocycles. The molecule has 0 aromatic heterocycles. The van der Waals surface area contributed by atoms with Crippen LogP contribution in [0.3, 0.4) is 0 Å². The highest BCUT2D eigenvalue weighted by Gasteiger charge is 2.12. The maximum absolute atomic E-state index is 7.48. The average Bonchev–Trinajstić information content (AvgIpc) is 2.25. The first kappa shape index (κ1) is 12.4. The molecule has 0 bridgehead atoms. The fraction of sp³-hybridized carbons (Fsp3) is 0.417. The summed E-state index contributed by atoms with van der Waals surface area (Å²) in [4.78, 5) is 0. The molecule has 0 spiro atoms. The number of amidine groups is 1. The third-order valence-corrected chi connectivity index (χ3v) is 2.05. The number of benzene rings is 1. The topological polar surface area (TPSA) is 68.3 Å². The fourth-order valence-corrected chi connectivity index (χ4v) is 1.29. The molecule has 0 atom stereocenters. The molecule has 0 unspecified atom stereocenters. The molecule has 1 rings (SSSR count). The van der Waals surface area contributed by atoms with Crippen molar-refractivity contribution < 1.29 is 9.47 Å². The van der Waals surface area contributed by atoms with Crippen molar-refractivity contribution in [3.63, 3.8) is 0 Å². The van der Waals surface area contributed by atoms with Crippen LogP contribution in [0.25, 0.3) is 0 Å². The summed E-state index contributed by atoms with van der Waals surface area (Å²) in [5, 5.41) is 7.48. The van der Waals surface area contributed by atoms with Gasteiger partial charge in [0.15, 0.2) is 11.5 Å². The highest BCUT2D eigenvalue weighted by Crippen LogP contribution is 2.31. The third-order valence-electron chi connectivity index (χ3n) is 2.05. The van der Waals surface area contributed by atoms with Crippen molar-refractivity contribution in [3.05, 3.63) is 23.8 Å². The van der Waals surface area contributed by atoms with Gasteiger partial charge in [0.25, 0.3) is 0 Å². The lowest BCUT2D eigenvalue weighted by Crippen LogP contribution is -2.15. The summed E-state index contributed by atoms with van der Waals surface area (Å²) in [6.07, 6.45) is 0. The molecule has 0 aliphatic rings. The van der Waals surface area contributed by atoms with E-state index in [2.05, 4.69) is 13.8 Å². The molecule has 0 aliphatic heterocycles. The van der Waals surface area contributed by atoms with Crippen LogP contribution in [0.15, 0.2) is 18.2 Å². The van der Waals surface area contributed by atoms with Crippen molar-refractivity contribution in [1.82, 2.24) is 0 Å². The highest BCUT2D eigenvalue weighted by atomic mass is 16.5.